The van der Waals surface area contributed by atoms with Gasteiger partial charge in [-0.25, -0.2) is 4.39 Å². The molecule has 5 rings (SSSR count). The first-order valence-corrected chi connectivity index (χ1v) is 11.4. The Morgan fingerprint density at radius 2 is 1.97 bits per heavy atom. The number of likely N-dealkylation sites (tertiary alicyclic amines) is 2. The van der Waals surface area contributed by atoms with E-state index in [0.29, 0.717) is 17.5 Å². The van der Waals surface area contributed by atoms with Gasteiger partial charge in [-0.05, 0) is 73.7 Å². The molecule has 168 valence electrons. The Kier molecular flexibility index (Phi) is 5.41. The molecule has 3 atom stereocenters. The van der Waals surface area contributed by atoms with Crippen molar-refractivity contribution in [3.8, 4) is 5.75 Å². The summed E-state index contributed by atoms with van der Waals surface area (Å²) >= 11 is 0. The molecule has 3 unspecified atom stereocenters. The summed E-state index contributed by atoms with van der Waals surface area (Å²) in [6, 6.07) is 5.49. The van der Waals surface area contributed by atoms with Gasteiger partial charge in [0.25, 0.3) is 5.91 Å². The average molecular weight is 436 g/mol. The number of allylic oxidation sites excluding steroid dienone is 4. The van der Waals surface area contributed by atoms with Gasteiger partial charge in [-0.3, -0.25) is 9.69 Å². The molecule has 0 N–H and O–H groups in total. The molecule has 2 saturated heterocycles. The average Bonchev–Trinajstić information content (AvgIpc) is 3.36. The summed E-state index contributed by atoms with van der Waals surface area (Å²) in [5.41, 5.74) is 3.54. The number of fused-ring (bicyclic) bond motifs is 2. The Bertz CT molecular complexity index is 1060. The van der Waals surface area contributed by atoms with Gasteiger partial charge in [0.15, 0.2) is 11.6 Å². The van der Waals surface area contributed by atoms with Crippen LogP contribution in [0.25, 0.3) is 5.57 Å². The van der Waals surface area contributed by atoms with Crippen LogP contribution in [0.2, 0.25) is 0 Å². The number of amides is 1. The van der Waals surface area contributed by atoms with Crippen LogP contribution in [0.15, 0.2) is 60.1 Å². The van der Waals surface area contributed by atoms with Gasteiger partial charge in [-0.1, -0.05) is 19.1 Å². The number of carbonyl (C=O) groups is 1. The van der Waals surface area contributed by atoms with E-state index in [1.54, 1.807) is 17.0 Å². The first-order valence-electron chi connectivity index (χ1n) is 11.4. The fraction of sp³-hybridized carbons (Fsp3) is 0.423. The van der Waals surface area contributed by atoms with Crippen molar-refractivity contribution >= 4 is 11.5 Å². The Balaban J connectivity index is 1.42. The van der Waals surface area contributed by atoms with E-state index in [9.17, 15) is 9.18 Å². The van der Waals surface area contributed by atoms with E-state index in [1.165, 1.54) is 26.1 Å². The maximum atomic E-state index is 14.3. The lowest BCUT2D eigenvalue weighted by atomic mass is 9.89. The molecule has 4 aliphatic heterocycles. The van der Waals surface area contributed by atoms with Crippen LogP contribution in [0.3, 0.4) is 0 Å². The Morgan fingerprint density at radius 3 is 2.72 bits per heavy atom. The monoisotopic (exact) mass is 435 g/mol. The van der Waals surface area contributed by atoms with Crippen molar-refractivity contribution in [3.63, 3.8) is 0 Å². The van der Waals surface area contributed by atoms with Crippen LogP contribution in [-0.4, -0.2) is 60.4 Å². The minimum Gasteiger partial charge on any atom is -0.494 e. The fourth-order valence-corrected chi connectivity index (χ4v) is 5.41. The molecule has 0 saturated carbocycles. The number of methoxy groups -OCH3 is 1. The topological polar surface area (TPSA) is 36.0 Å². The van der Waals surface area contributed by atoms with Gasteiger partial charge in [-0.2, -0.15) is 0 Å². The molecule has 0 spiro atoms. The predicted molar refractivity (Wildman–Crippen MR) is 123 cm³/mol. The van der Waals surface area contributed by atoms with E-state index in [4.69, 9.17) is 4.74 Å². The number of nitrogens with zero attached hydrogens (tertiary/aromatic N) is 3. The number of hydrogen-bond acceptors (Lipinski definition) is 4. The van der Waals surface area contributed by atoms with Crippen molar-refractivity contribution in [1.29, 1.82) is 0 Å². The van der Waals surface area contributed by atoms with Crippen molar-refractivity contribution < 1.29 is 13.9 Å². The summed E-state index contributed by atoms with van der Waals surface area (Å²) in [7, 11) is 3.66. The van der Waals surface area contributed by atoms with E-state index < -0.39 is 5.82 Å². The Hall–Kier alpha value is -2.86. The number of rotatable bonds is 3. The van der Waals surface area contributed by atoms with Crippen LogP contribution >= 0.6 is 0 Å². The first-order chi connectivity index (χ1) is 15.4. The normalized spacial score (nSPS) is 27.9. The summed E-state index contributed by atoms with van der Waals surface area (Å²) in [5.74, 6) is 0.472. The summed E-state index contributed by atoms with van der Waals surface area (Å²) in [6.07, 6.45) is 11.9. The lowest BCUT2D eigenvalue weighted by Crippen LogP contribution is -2.33. The van der Waals surface area contributed by atoms with Crippen molar-refractivity contribution in [3.05, 3.63) is 71.5 Å². The minimum atomic E-state index is -0.420. The maximum Gasteiger partial charge on any atom is 0.255 e. The van der Waals surface area contributed by atoms with E-state index in [0.717, 1.165) is 36.5 Å². The summed E-state index contributed by atoms with van der Waals surface area (Å²) < 4.78 is 19.4. The van der Waals surface area contributed by atoms with Gasteiger partial charge in [0.05, 0.1) is 12.8 Å². The smallest absolute Gasteiger partial charge is 0.255 e. The SMILES string of the molecule is COc1ccc(C2=CC(=O)N3C=C(N4CC5CCN(C)C5C4)C=CC3=CCC2C)cc1F. The van der Waals surface area contributed by atoms with Crippen LogP contribution in [-0.2, 0) is 4.79 Å². The number of hydrogen-bond donors (Lipinski definition) is 0. The van der Waals surface area contributed by atoms with Crippen molar-refractivity contribution in [2.45, 2.75) is 25.8 Å². The Labute approximate surface area is 189 Å². The molecule has 1 aromatic rings. The van der Waals surface area contributed by atoms with E-state index in [1.807, 2.05) is 18.3 Å². The second kappa shape index (κ2) is 8.24. The number of halogens is 1. The highest BCUT2D eigenvalue weighted by atomic mass is 19.1. The Morgan fingerprint density at radius 1 is 1.16 bits per heavy atom. The summed E-state index contributed by atoms with van der Waals surface area (Å²) in [6.45, 7) is 5.28. The molecule has 5 nitrogen and oxygen atoms in total. The van der Waals surface area contributed by atoms with Crippen molar-refractivity contribution in [1.82, 2.24) is 14.7 Å². The van der Waals surface area contributed by atoms with Crippen molar-refractivity contribution in [2.75, 3.05) is 33.8 Å². The number of likely N-dealkylation sites (N-methyl/N-ethyl adjacent to an activating group) is 1. The second-order valence-electron chi connectivity index (χ2n) is 9.31. The molecule has 2 fully saturated rings. The van der Waals surface area contributed by atoms with E-state index >= 15 is 0 Å². The van der Waals surface area contributed by atoms with Gasteiger partial charge in [0.2, 0.25) is 0 Å². The molecule has 32 heavy (non-hydrogen) atoms. The molecular formula is C26H30FN3O2. The van der Waals surface area contributed by atoms with Crippen LogP contribution in [0, 0.1) is 17.7 Å². The van der Waals surface area contributed by atoms with Gasteiger partial charge in [0, 0.05) is 37.1 Å². The molecule has 0 radical (unpaired) electrons. The highest BCUT2D eigenvalue weighted by Crippen LogP contribution is 2.36. The quantitative estimate of drug-likeness (QED) is 0.719. The zero-order valence-corrected chi connectivity index (χ0v) is 18.9. The number of ether oxygens (including phenoxy) is 1. The molecule has 4 heterocycles. The standard InChI is InChI=1S/C26H30FN3O2/c1-17-4-6-20-7-8-21(29-14-19-10-11-28(2)24(19)16-29)15-30(20)26(31)13-22(17)18-5-9-25(32-3)23(27)12-18/h5-9,12-13,15,17,19,24H,4,10-11,14,16H2,1-3H3. The van der Waals surface area contributed by atoms with Crippen LogP contribution in [0.5, 0.6) is 5.75 Å². The van der Waals surface area contributed by atoms with Crippen molar-refractivity contribution in [2.24, 2.45) is 11.8 Å². The van der Waals surface area contributed by atoms with Crippen LogP contribution in [0.4, 0.5) is 4.39 Å². The first kappa shape index (κ1) is 21.0. The highest BCUT2D eigenvalue weighted by Gasteiger charge is 2.40. The zero-order chi connectivity index (χ0) is 22.4. The molecule has 0 aliphatic carbocycles. The number of carbonyl (C=O) groups excluding carboxylic acids is 1. The lowest BCUT2D eigenvalue weighted by Gasteiger charge is -2.31. The fourth-order valence-electron chi connectivity index (χ4n) is 5.41. The highest BCUT2D eigenvalue weighted by molar-refractivity contribution is 5.98. The molecule has 4 aliphatic rings. The summed E-state index contributed by atoms with van der Waals surface area (Å²) in [4.78, 5) is 19.9. The van der Waals surface area contributed by atoms with Crippen LogP contribution < -0.4 is 4.74 Å². The third-order valence-electron chi connectivity index (χ3n) is 7.37. The maximum absolute atomic E-state index is 14.3. The largest absolute Gasteiger partial charge is 0.494 e. The lowest BCUT2D eigenvalue weighted by molar-refractivity contribution is -0.122. The van der Waals surface area contributed by atoms with Gasteiger partial charge < -0.3 is 14.5 Å². The molecule has 0 bridgehead atoms. The zero-order valence-electron chi connectivity index (χ0n) is 18.9. The molecule has 6 heteroatoms. The molecule has 1 amide bonds. The summed E-state index contributed by atoms with van der Waals surface area (Å²) in [5, 5.41) is 0. The third-order valence-corrected chi connectivity index (χ3v) is 7.37. The minimum absolute atomic E-state index is 0.0914. The van der Waals surface area contributed by atoms with Gasteiger partial charge >= 0.3 is 0 Å². The van der Waals surface area contributed by atoms with Crippen LogP contribution in [0.1, 0.15) is 25.3 Å². The van der Waals surface area contributed by atoms with E-state index in [-0.39, 0.29) is 17.6 Å². The second-order valence-corrected chi connectivity index (χ2v) is 9.31. The van der Waals surface area contributed by atoms with Gasteiger partial charge in [0.1, 0.15) is 0 Å². The van der Waals surface area contributed by atoms with E-state index in [2.05, 4.69) is 35.9 Å². The third kappa shape index (κ3) is 3.66. The van der Waals surface area contributed by atoms with Gasteiger partial charge in [-0.15, -0.1) is 0 Å². The predicted octanol–water partition coefficient (Wildman–Crippen LogP) is 4.02. The molecule has 0 aromatic heterocycles. The molecule has 1 aromatic carbocycles. The number of benzene rings is 1. The molecular weight excluding hydrogens is 405 g/mol.